The summed E-state index contributed by atoms with van der Waals surface area (Å²) in [4.78, 5) is 4.43. The zero-order chi connectivity index (χ0) is 15.4. The van der Waals surface area contributed by atoms with Crippen LogP contribution in [-0.4, -0.2) is 16.7 Å². The molecule has 0 atom stereocenters. The van der Waals surface area contributed by atoms with E-state index < -0.39 is 0 Å². The van der Waals surface area contributed by atoms with Crippen LogP contribution in [0.1, 0.15) is 5.56 Å². The second-order valence-electron chi connectivity index (χ2n) is 4.81. The number of ether oxygens (including phenoxy) is 1. The molecule has 3 aromatic rings. The van der Waals surface area contributed by atoms with E-state index in [9.17, 15) is 0 Å². The smallest absolute Gasteiger partial charge is 0.258 e. The van der Waals surface area contributed by atoms with Gasteiger partial charge in [-0.1, -0.05) is 34.8 Å². The van der Waals surface area contributed by atoms with Gasteiger partial charge in [0.2, 0.25) is 5.82 Å². The molecule has 22 heavy (non-hydrogen) atoms. The molecular weight excluding hydrogens is 276 g/mol. The number of rotatable bonds is 4. The van der Waals surface area contributed by atoms with Crippen LogP contribution in [0, 0.1) is 19.3 Å². The fraction of sp³-hybridized carbons (Fsp3) is 0.111. The summed E-state index contributed by atoms with van der Waals surface area (Å²) >= 11 is 0. The van der Waals surface area contributed by atoms with Crippen molar-refractivity contribution in [3.8, 4) is 40.9 Å². The van der Waals surface area contributed by atoms with Crippen molar-refractivity contribution >= 4 is 0 Å². The fourth-order valence-electron chi connectivity index (χ4n) is 2.06. The maximum atomic E-state index is 5.33. The Morgan fingerprint density at radius 2 is 1.95 bits per heavy atom. The summed E-state index contributed by atoms with van der Waals surface area (Å²) in [5.74, 6) is 4.18. The third kappa shape index (κ3) is 2.99. The van der Waals surface area contributed by atoms with Crippen LogP contribution in [0.5, 0.6) is 5.75 Å². The molecule has 4 heteroatoms. The molecule has 1 heterocycles. The van der Waals surface area contributed by atoms with Crippen molar-refractivity contribution in [1.29, 1.82) is 0 Å². The number of nitrogens with zero attached hydrogens (tertiary/aromatic N) is 2. The maximum Gasteiger partial charge on any atom is 0.258 e. The maximum absolute atomic E-state index is 5.33. The Morgan fingerprint density at radius 1 is 1.14 bits per heavy atom. The van der Waals surface area contributed by atoms with Gasteiger partial charge in [-0.05, 0) is 37.3 Å². The molecular formula is C18H14N2O2. The molecule has 1 aromatic heterocycles. The largest absolute Gasteiger partial charge is 0.481 e. The Bertz CT molecular complexity index is 814. The molecule has 0 aliphatic carbocycles. The molecule has 0 saturated carbocycles. The molecule has 108 valence electrons. The van der Waals surface area contributed by atoms with Gasteiger partial charge in [0.15, 0.2) is 0 Å². The van der Waals surface area contributed by atoms with Gasteiger partial charge in [0.1, 0.15) is 12.4 Å². The van der Waals surface area contributed by atoms with Crippen molar-refractivity contribution in [1.82, 2.24) is 10.1 Å². The highest BCUT2D eigenvalue weighted by Gasteiger charge is 2.10. The van der Waals surface area contributed by atoms with E-state index in [0.717, 1.165) is 16.7 Å². The number of aryl methyl sites for hydroxylation is 1. The van der Waals surface area contributed by atoms with E-state index in [4.69, 9.17) is 15.7 Å². The van der Waals surface area contributed by atoms with E-state index in [1.165, 1.54) is 0 Å². The third-order valence-electron chi connectivity index (χ3n) is 3.13. The second-order valence-corrected chi connectivity index (χ2v) is 4.81. The molecule has 0 aliphatic heterocycles. The van der Waals surface area contributed by atoms with Gasteiger partial charge in [0.05, 0.1) is 0 Å². The topological polar surface area (TPSA) is 48.2 Å². The Labute approximate surface area is 128 Å². The van der Waals surface area contributed by atoms with Crippen LogP contribution in [-0.2, 0) is 0 Å². The van der Waals surface area contributed by atoms with Gasteiger partial charge in [-0.15, -0.1) is 6.42 Å². The highest BCUT2D eigenvalue weighted by atomic mass is 16.5. The monoisotopic (exact) mass is 290 g/mol. The summed E-state index contributed by atoms with van der Waals surface area (Å²) in [6.07, 6.45) is 5.16. The third-order valence-corrected chi connectivity index (χ3v) is 3.13. The minimum atomic E-state index is 0.247. The first kappa shape index (κ1) is 13.9. The van der Waals surface area contributed by atoms with Crippen molar-refractivity contribution in [2.45, 2.75) is 6.92 Å². The van der Waals surface area contributed by atoms with Crippen LogP contribution >= 0.6 is 0 Å². The lowest BCUT2D eigenvalue weighted by Gasteiger charge is -2.01. The molecule has 0 aliphatic rings. The number of terminal acetylenes is 1. The molecule has 0 bridgehead atoms. The van der Waals surface area contributed by atoms with Crippen molar-refractivity contribution in [2.24, 2.45) is 0 Å². The van der Waals surface area contributed by atoms with Crippen LogP contribution in [0.4, 0.5) is 0 Å². The predicted octanol–water partition coefficient (Wildman–Crippen LogP) is 3.72. The van der Waals surface area contributed by atoms with Gasteiger partial charge in [-0.3, -0.25) is 0 Å². The van der Waals surface area contributed by atoms with Crippen molar-refractivity contribution in [3.63, 3.8) is 0 Å². The fourth-order valence-corrected chi connectivity index (χ4v) is 2.06. The van der Waals surface area contributed by atoms with Crippen LogP contribution in [0.3, 0.4) is 0 Å². The standard InChI is InChI=1S/C18H14N2O2/c1-3-11-21-16-9-7-14(8-10-16)18-19-17(20-22-18)15-6-4-5-13(2)12-15/h1,4-10,12H,11H2,2H3. The Hall–Kier alpha value is -3.06. The Balaban J connectivity index is 1.83. The van der Waals surface area contributed by atoms with Crippen LogP contribution in [0.25, 0.3) is 22.8 Å². The van der Waals surface area contributed by atoms with E-state index >= 15 is 0 Å². The molecule has 0 spiro atoms. The van der Waals surface area contributed by atoms with Crippen LogP contribution in [0.15, 0.2) is 53.1 Å². The summed E-state index contributed by atoms with van der Waals surface area (Å²) in [6, 6.07) is 15.3. The number of hydrogen-bond acceptors (Lipinski definition) is 4. The molecule has 3 rings (SSSR count). The number of benzene rings is 2. The first-order valence-electron chi connectivity index (χ1n) is 6.84. The summed E-state index contributed by atoms with van der Waals surface area (Å²) < 4.78 is 10.7. The predicted molar refractivity (Wildman–Crippen MR) is 84.2 cm³/mol. The van der Waals surface area contributed by atoms with Gasteiger partial charge in [-0.25, -0.2) is 0 Å². The minimum Gasteiger partial charge on any atom is -0.481 e. The van der Waals surface area contributed by atoms with Gasteiger partial charge in [0.25, 0.3) is 5.89 Å². The average Bonchev–Trinajstić information content (AvgIpc) is 3.03. The van der Waals surface area contributed by atoms with Crippen molar-refractivity contribution < 1.29 is 9.26 Å². The summed E-state index contributed by atoms with van der Waals surface area (Å²) in [7, 11) is 0. The zero-order valence-corrected chi connectivity index (χ0v) is 12.1. The lowest BCUT2D eigenvalue weighted by molar-refractivity contribution is 0.370. The highest BCUT2D eigenvalue weighted by Crippen LogP contribution is 2.24. The summed E-state index contributed by atoms with van der Waals surface area (Å²) in [5, 5.41) is 4.03. The summed E-state index contributed by atoms with van der Waals surface area (Å²) in [6.45, 7) is 2.27. The second kappa shape index (κ2) is 6.15. The first-order chi connectivity index (χ1) is 10.8. The molecule has 0 radical (unpaired) electrons. The normalized spacial score (nSPS) is 10.2. The Kier molecular flexibility index (Phi) is 3.88. The first-order valence-corrected chi connectivity index (χ1v) is 6.84. The van der Waals surface area contributed by atoms with E-state index in [0.29, 0.717) is 17.5 Å². The number of aromatic nitrogens is 2. The van der Waals surface area contributed by atoms with Gasteiger partial charge in [-0.2, -0.15) is 4.98 Å². The van der Waals surface area contributed by atoms with Gasteiger partial charge >= 0.3 is 0 Å². The molecule has 0 fully saturated rings. The molecule has 0 N–H and O–H groups in total. The van der Waals surface area contributed by atoms with Crippen molar-refractivity contribution in [2.75, 3.05) is 6.61 Å². The van der Waals surface area contributed by atoms with E-state index in [2.05, 4.69) is 16.1 Å². The Morgan fingerprint density at radius 3 is 2.68 bits per heavy atom. The molecule has 0 saturated heterocycles. The lowest BCUT2D eigenvalue weighted by Crippen LogP contribution is -1.92. The summed E-state index contributed by atoms with van der Waals surface area (Å²) in [5.41, 5.74) is 2.92. The lowest BCUT2D eigenvalue weighted by atomic mass is 10.1. The molecule has 0 amide bonds. The average molecular weight is 290 g/mol. The number of hydrogen-bond donors (Lipinski definition) is 0. The van der Waals surface area contributed by atoms with Crippen LogP contribution in [0.2, 0.25) is 0 Å². The zero-order valence-electron chi connectivity index (χ0n) is 12.1. The van der Waals surface area contributed by atoms with Gasteiger partial charge < -0.3 is 9.26 Å². The molecule has 0 unspecified atom stereocenters. The highest BCUT2D eigenvalue weighted by molar-refractivity contribution is 5.60. The molecule has 4 nitrogen and oxygen atoms in total. The van der Waals surface area contributed by atoms with Crippen molar-refractivity contribution in [3.05, 3.63) is 54.1 Å². The quantitative estimate of drug-likeness (QED) is 0.687. The van der Waals surface area contributed by atoms with Gasteiger partial charge in [0, 0.05) is 11.1 Å². The van der Waals surface area contributed by atoms with E-state index in [-0.39, 0.29) is 6.61 Å². The SMILES string of the molecule is C#CCOc1ccc(-c2nc(-c3cccc(C)c3)no2)cc1. The van der Waals surface area contributed by atoms with Crippen LogP contribution < -0.4 is 4.74 Å². The minimum absolute atomic E-state index is 0.247. The molecule has 2 aromatic carbocycles. The van der Waals surface area contributed by atoms with E-state index in [1.807, 2.05) is 55.5 Å². The van der Waals surface area contributed by atoms with E-state index in [1.54, 1.807) is 0 Å².